The molecule has 1 aromatic carbocycles. The summed E-state index contributed by atoms with van der Waals surface area (Å²) >= 11 is 5.97. The van der Waals surface area contributed by atoms with Crippen molar-refractivity contribution >= 4 is 29.4 Å². The molecule has 26 heavy (non-hydrogen) atoms. The molecule has 0 N–H and O–H groups in total. The minimum absolute atomic E-state index is 0.210. The SMILES string of the molecule is CCN1CCN(C(=O)N2CCCCC(c3ccc(Cl)cc3)C2)C(=O)C1=O. The molecule has 0 radical (unpaired) electrons. The number of likely N-dealkylation sites (N-methyl/N-ethyl adjacent to an activating group) is 1. The van der Waals surface area contributed by atoms with Gasteiger partial charge in [-0.1, -0.05) is 30.2 Å². The molecule has 140 valence electrons. The van der Waals surface area contributed by atoms with Crippen LogP contribution >= 0.6 is 11.6 Å². The van der Waals surface area contributed by atoms with Crippen molar-refractivity contribution in [2.45, 2.75) is 32.1 Å². The molecule has 2 fully saturated rings. The van der Waals surface area contributed by atoms with Crippen LogP contribution in [0.25, 0.3) is 0 Å². The number of carbonyl (C=O) groups excluding carboxylic acids is 3. The van der Waals surface area contributed by atoms with E-state index >= 15 is 0 Å². The van der Waals surface area contributed by atoms with Crippen molar-refractivity contribution in [3.05, 3.63) is 34.9 Å². The molecule has 2 heterocycles. The first-order valence-corrected chi connectivity index (χ1v) is 9.54. The average Bonchev–Trinajstić information content (AvgIpc) is 2.90. The molecule has 1 aromatic rings. The van der Waals surface area contributed by atoms with Crippen LogP contribution in [0.2, 0.25) is 5.02 Å². The molecule has 3 rings (SSSR count). The first kappa shape index (κ1) is 18.7. The summed E-state index contributed by atoms with van der Waals surface area (Å²) in [5.74, 6) is -1.09. The minimum atomic E-state index is -0.713. The van der Waals surface area contributed by atoms with Crippen LogP contribution in [0.3, 0.4) is 0 Å². The lowest BCUT2D eigenvalue weighted by Gasteiger charge is -2.35. The van der Waals surface area contributed by atoms with E-state index in [1.165, 1.54) is 4.90 Å². The molecule has 1 unspecified atom stereocenters. The number of amides is 4. The Hall–Kier alpha value is -2.08. The van der Waals surface area contributed by atoms with Crippen molar-refractivity contribution in [2.24, 2.45) is 0 Å². The number of imide groups is 1. The number of halogens is 1. The van der Waals surface area contributed by atoms with Crippen LogP contribution in [-0.2, 0) is 9.59 Å². The van der Waals surface area contributed by atoms with E-state index in [0.29, 0.717) is 31.2 Å². The molecule has 0 spiro atoms. The molecule has 2 aliphatic rings. The van der Waals surface area contributed by atoms with Crippen LogP contribution in [0.1, 0.15) is 37.7 Å². The first-order chi connectivity index (χ1) is 12.5. The summed E-state index contributed by atoms with van der Waals surface area (Å²) in [6.45, 7) is 4.14. The molecule has 0 aliphatic carbocycles. The molecule has 1 atom stereocenters. The van der Waals surface area contributed by atoms with Crippen molar-refractivity contribution in [2.75, 3.05) is 32.7 Å². The minimum Gasteiger partial charge on any atom is -0.333 e. The Bertz CT molecular complexity index is 692. The third-order valence-corrected chi connectivity index (χ3v) is 5.46. The Labute approximate surface area is 158 Å². The molecule has 0 aromatic heterocycles. The third kappa shape index (κ3) is 3.85. The van der Waals surface area contributed by atoms with Gasteiger partial charge in [-0.3, -0.25) is 14.5 Å². The fourth-order valence-electron chi connectivity index (χ4n) is 3.65. The molecule has 4 amide bonds. The van der Waals surface area contributed by atoms with E-state index in [1.54, 1.807) is 4.90 Å². The highest BCUT2D eigenvalue weighted by Crippen LogP contribution is 2.28. The van der Waals surface area contributed by atoms with Gasteiger partial charge >= 0.3 is 17.8 Å². The number of piperazine rings is 1. The van der Waals surface area contributed by atoms with Gasteiger partial charge in [0.15, 0.2) is 0 Å². The van der Waals surface area contributed by atoms with E-state index in [4.69, 9.17) is 11.6 Å². The highest BCUT2D eigenvalue weighted by Gasteiger charge is 2.38. The van der Waals surface area contributed by atoms with Gasteiger partial charge in [-0.15, -0.1) is 0 Å². The Morgan fingerprint density at radius 1 is 1.08 bits per heavy atom. The quantitative estimate of drug-likeness (QED) is 0.744. The second kappa shape index (κ2) is 8.08. The van der Waals surface area contributed by atoms with E-state index < -0.39 is 11.8 Å². The second-order valence-corrected chi connectivity index (χ2v) is 7.25. The number of hydrogen-bond donors (Lipinski definition) is 0. The van der Waals surface area contributed by atoms with Crippen LogP contribution in [0.4, 0.5) is 4.79 Å². The summed E-state index contributed by atoms with van der Waals surface area (Å²) in [7, 11) is 0. The van der Waals surface area contributed by atoms with Gasteiger partial charge in [-0.25, -0.2) is 4.79 Å². The van der Waals surface area contributed by atoms with Gasteiger partial charge in [0.05, 0.1) is 0 Å². The largest absolute Gasteiger partial charge is 0.333 e. The van der Waals surface area contributed by atoms with Gasteiger partial charge in [-0.05, 0) is 37.5 Å². The fraction of sp³-hybridized carbons (Fsp3) is 0.526. The molecule has 0 saturated carbocycles. The number of benzene rings is 1. The number of likely N-dealkylation sites (tertiary alicyclic amines) is 1. The normalized spacial score (nSPS) is 21.8. The smallest absolute Gasteiger partial charge is 0.327 e. The highest BCUT2D eigenvalue weighted by atomic mass is 35.5. The van der Waals surface area contributed by atoms with Gasteiger partial charge in [0.2, 0.25) is 0 Å². The maximum absolute atomic E-state index is 12.9. The van der Waals surface area contributed by atoms with Gasteiger partial charge in [0.1, 0.15) is 0 Å². The van der Waals surface area contributed by atoms with E-state index in [1.807, 2.05) is 31.2 Å². The van der Waals surface area contributed by atoms with E-state index in [2.05, 4.69) is 0 Å². The molecule has 2 saturated heterocycles. The maximum Gasteiger partial charge on any atom is 0.327 e. The zero-order valence-electron chi connectivity index (χ0n) is 15.0. The van der Waals surface area contributed by atoms with Crippen molar-refractivity contribution in [1.82, 2.24) is 14.7 Å². The average molecular weight is 378 g/mol. The standard InChI is InChI=1S/C19H24ClN3O3/c1-2-21-11-12-23(18(25)17(21)24)19(26)22-10-4-3-5-15(13-22)14-6-8-16(20)9-7-14/h6-9,15H,2-5,10-13H2,1H3. The molecule has 0 bridgehead atoms. The topological polar surface area (TPSA) is 60.9 Å². The number of rotatable bonds is 2. The van der Waals surface area contributed by atoms with E-state index in [0.717, 1.165) is 29.7 Å². The van der Waals surface area contributed by atoms with Gasteiger partial charge in [-0.2, -0.15) is 0 Å². The van der Waals surface area contributed by atoms with Crippen LogP contribution in [0.15, 0.2) is 24.3 Å². The molecular weight excluding hydrogens is 354 g/mol. The predicted octanol–water partition coefficient (Wildman–Crippen LogP) is 2.72. The predicted molar refractivity (Wildman–Crippen MR) is 99.0 cm³/mol. The zero-order valence-corrected chi connectivity index (χ0v) is 15.7. The van der Waals surface area contributed by atoms with Crippen LogP contribution in [-0.4, -0.2) is 65.3 Å². The monoisotopic (exact) mass is 377 g/mol. The fourth-order valence-corrected chi connectivity index (χ4v) is 3.78. The molecule has 6 nitrogen and oxygen atoms in total. The van der Waals surface area contributed by atoms with E-state index in [9.17, 15) is 14.4 Å². The second-order valence-electron chi connectivity index (χ2n) is 6.81. The lowest BCUT2D eigenvalue weighted by atomic mass is 9.94. The summed E-state index contributed by atoms with van der Waals surface area (Å²) < 4.78 is 0. The molecule has 7 heteroatoms. The van der Waals surface area contributed by atoms with Gasteiger partial charge in [0.25, 0.3) is 0 Å². The lowest BCUT2D eigenvalue weighted by Crippen LogP contribution is -2.59. The van der Waals surface area contributed by atoms with Gasteiger partial charge in [0, 0.05) is 43.7 Å². The summed E-state index contributed by atoms with van der Waals surface area (Å²) in [5.41, 5.74) is 1.15. The lowest BCUT2D eigenvalue weighted by molar-refractivity contribution is -0.153. The Kier molecular flexibility index (Phi) is 5.81. The summed E-state index contributed by atoms with van der Waals surface area (Å²) in [5, 5.41) is 0.688. The van der Waals surface area contributed by atoms with Crippen LogP contribution in [0.5, 0.6) is 0 Å². The van der Waals surface area contributed by atoms with Crippen molar-refractivity contribution < 1.29 is 14.4 Å². The Balaban J connectivity index is 1.73. The van der Waals surface area contributed by atoms with Crippen molar-refractivity contribution in [3.63, 3.8) is 0 Å². The summed E-state index contributed by atoms with van der Waals surface area (Å²) in [6.07, 6.45) is 2.91. The number of hydrogen-bond acceptors (Lipinski definition) is 3. The first-order valence-electron chi connectivity index (χ1n) is 9.16. The number of nitrogens with zero attached hydrogens (tertiary/aromatic N) is 3. The summed E-state index contributed by atoms with van der Waals surface area (Å²) in [4.78, 5) is 41.7. The molecular formula is C19H24ClN3O3. The number of urea groups is 1. The van der Waals surface area contributed by atoms with Crippen molar-refractivity contribution in [1.29, 1.82) is 0 Å². The van der Waals surface area contributed by atoms with Crippen molar-refractivity contribution in [3.8, 4) is 0 Å². The Morgan fingerprint density at radius 2 is 1.81 bits per heavy atom. The third-order valence-electron chi connectivity index (χ3n) is 5.20. The Morgan fingerprint density at radius 3 is 2.50 bits per heavy atom. The van der Waals surface area contributed by atoms with Crippen LogP contribution < -0.4 is 0 Å². The molecule has 2 aliphatic heterocycles. The summed E-state index contributed by atoms with van der Waals surface area (Å²) in [6, 6.07) is 7.37. The van der Waals surface area contributed by atoms with Crippen LogP contribution in [0, 0.1) is 0 Å². The van der Waals surface area contributed by atoms with E-state index in [-0.39, 0.29) is 18.5 Å². The van der Waals surface area contributed by atoms with Gasteiger partial charge < -0.3 is 9.80 Å². The maximum atomic E-state index is 12.9. The zero-order chi connectivity index (χ0) is 18.7. The number of carbonyl (C=O) groups is 3. The highest BCUT2D eigenvalue weighted by molar-refractivity contribution is 6.38.